The molecule has 1 heterocycles. The van der Waals surface area contributed by atoms with Gasteiger partial charge in [-0.3, -0.25) is 0 Å². The van der Waals surface area contributed by atoms with Crippen LogP contribution in [-0.2, 0) is 0 Å². The Labute approximate surface area is 126 Å². The number of benzene rings is 1. The minimum atomic E-state index is 0.288. The fraction of sp³-hybridized carbons (Fsp3) is 0.375. The van der Waals surface area contributed by atoms with Crippen molar-refractivity contribution in [1.82, 2.24) is 5.16 Å². The zero-order valence-electron chi connectivity index (χ0n) is 11.1. The van der Waals surface area contributed by atoms with Gasteiger partial charge < -0.3 is 4.52 Å². The number of hydrogen-bond acceptors (Lipinski definition) is 3. The highest BCUT2D eigenvalue weighted by Gasteiger charge is 2.17. The number of nitrogens with zero attached hydrogens (tertiary/aromatic N) is 2. The summed E-state index contributed by atoms with van der Waals surface area (Å²) in [6.07, 6.45) is 6.64. The second kappa shape index (κ2) is 5.80. The first kappa shape index (κ1) is 13.4. The van der Waals surface area contributed by atoms with Gasteiger partial charge in [-0.05, 0) is 40.3 Å². The van der Waals surface area contributed by atoms with Crippen LogP contribution in [0.25, 0.3) is 11.3 Å². The van der Waals surface area contributed by atoms with E-state index in [0.717, 1.165) is 5.56 Å². The summed E-state index contributed by atoms with van der Waals surface area (Å²) in [6, 6.07) is 10.4. The maximum absolute atomic E-state index is 8.89. The SMILES string of the molecule is N#Cc1noc(-c2ccc(C3CCCCC3)cc2)c1Br. The summed E-state index contributed by atoms with van der Waals surface area (Å²) < 4.78 is 5.87. The second-order valence-electron chi connectivity index (χ2n) is 5.24. The van der Waals surface area contributed by atoms with Crippen molar-refractivity contribution < 1.29 is 4.52 Å². The largest absolute Gasteiger partial charge is 0.354 e. The molecule has 0 radical (unpaired) electrons. The molecule has 0 saturated heterocycles. The molecule has 2 aromatic rings. The molecule has 0 amide bonds. The molecule has 1 aromatic heterocycles. The highest BCUT2D eigenvalue weighted by Crippen LogP contribution is 2.35. The molecule has 0 unspecified atom stereocenters. The van der Waals surface area contributed by atoms with Crippen LogP contribution in [0.5, 0.6) is 0 Å². The van der Waals surface area contributed by atoms with Gasteiger partial charge in [-0.15, -0.1) is 0 Å². The number of aromatic nitrogens is 1. The Morgan fingerprint density at radius 3 is 2.45 bits per heavy atom. The molecule has 4 heteroatoms. The molecule has 0 aliphatic heterocycles. The van der Waals surface area contributed by atoms with E-state index in [1.807, 2.05) is 6.07 Å². The van der Waals surface area contributed by atoms with Crippen molar-refractivity contribution in [3.63, 3.8) is 0 Å². The Morgan fingerprint density at radius 2 is 1.85 bits per heavy atom. The van der Waals surface area contributed by atoms with Crippen LogP contribution in [-0.4, -0.2) is 5.16 Å². The molecule has 0 atom stereocenters. The lowest BCUT2D eigenvalue weighted by Gasteiger charge is -2.21. The van der Waals surface area contributed by atoms with Gasteiger partial charge >= 0.3 is 0 Å². The molecule has 1 aliphatic rings. The van der Waals surface area contributed by atoms with Crippen molar-refractivity contribution in [2.45, 2.75) is 38.0 Å². The van der Waals surface area contributed by atoms with Gasteiger partial charge in [0.05, 0.1) is 0 Å². The molecular weight excluding hydrogens is 316 g/mol. The lowest BCUT2D eigenvalue weighted by atomic mass is 9.84. The summed E-state index contributed by atoms with van der Waals surface area (Å²) in [4.78, 5) is 0. The van der Waals surface area contributed by atoms with Gasteiger partial charge in [0.25, 0.3) is 0 Å². The Kier molecular flexibility index (Phi) is 3.88. The highest BCUT2D eigenvalue weighted by molar-refractivity contribution is 9.10. The molecule has 0 N–H and O–H groups in total. The number of halogens is 1. The van der Waals surface area contributed by atoms with E-state index in [1.54, 1.807) is 0 Å². The third-order valence-electron chi connectivity index (χ3n) is 3.99. The van der Waals surface area contributed by atoms with Crippen LogP contribution >= 0.6 is 15.9 Å². The smallest absolute Gasteiger partial charge is 0.198 e. The Hall–Kier alpha value is -1.60. The number of rotatable bonds is 2. The van der Waals surface area contributed by atoms with Gasteiger partial charge in [0, 0.05) is 5.56 Å². The molecular formula is C16H15BrN2O. The molecule has 3 rings (SSSR count). The lowest BCUT2D eigenvalue weighted by Crippen LogP contribution is -2.04. The van der Waals surface area contributed by atoms with Crippen molar-refractivity contribution in [3.8, 4) is 17.4 Å². The summed E-state index contributed by atoms with van der Waals surface area (Å²) in [6.45, 7) is 0. The molecule has 1 saturated carbocycles. The predicted molar refractivity (Wildman–Crippen MR) is 80.2 cm³/mol. The molecule has 1 aromatic carbocycles. The fourth-order valence-electron chi connectivity index (χ4n) is 2.87. The van der Waals surface area contributed by atoms with Crippen LogP contribution in [0.3, 0.4) is 0 Å². The van der Waals surface area contributed by atoms with Gasteiger partial charge in [0.15, 0.2) is 11.5 Å². The average molecular weight is 331 g/mol. The summed E-state index contributed by atoms with van der Waals surface area (Å²) in [5, 5.41) is 12.6. The quantitative estimate of drug-likeness (QED) is 0.776. The van der Waals surface area contributed by atoms with Gasteiger partial charge in [0.2, 0.25) is 0 Å². The van der Waals surface area contributed by atoms with Gasteiger partial charge in [-0.2, -0.15) is 5.26 Å². The summed E-state index contributed by atoms with van der Waals surface area (Å²) in [7, 11) is 0. The zero-order valence-corrected chi connectivity index (χ0v) is 12.7. The summed E-state index contributed by atoms with van der Waals surface area (Å²) >= 11 is 3.36. The number of nitriles is 1. The maximum atomic E-state index is 8.89. The first-order chi connectivity index (χ1) is 9.79. The monoisotopic (exact) mass is 330 g/mol. The molecule has 1 aliphatic carbocycles. The standard InChI is InChI=1S/C16H15BrN2O/c17-15-14(10-18)19-20-16(15)13-8-6-12(7-9-13)11-4-2-1-3-5-11/h6-9,11H,1-5H2. The van der Waals surface area contributed by atoms with E-state index >= 15 is 0 Å². The van der Waals surface area contributed by atoms with E-state index in [4.69, 9.17) is 9.78 Å². The van der Waals surface area contributed by atoms with Gasteiger partial charge in [0.1, 0.15) is 10.5 Å². The van der Waals surface area contributed by atoms with Crippen LogP contribution in [0.2, 0.25) is 0 Å². The topological polar surface area (TPSA) is 49.8 Å². The van der Waals surface area contributed by atoms with Crippen molar-refractivity contribution in [1.29, 1.82) is 5.26 Å². The zero-order chi connectivity index (χ0) is 13.9. The van der Waals surface area contributed by atoms with Crippen LogP contribution < -0.4 is 0 Å². The minimum Gasteiger partial charge on any atom is -0.354 e. The minimum absolute atomic E-state index is 0.288. The maximum Gasteiger partial charge on any atom is 0.198 e. The number of hydrogen-bond donors (Lipinski definition) is 0. The Balaban J connectivity index is 1.85. The second-order valence-corrected chi connectivity index (χ2v) is 6.04. The van der Waals surface area contributed by atoms with Crippen molar-refractivity contribution in [2.24, 2.45) is 0 Å². The van der Waals surface area contributed by atoms with Crippen molar-refractivity contribution >= 4 is 15.9 Å². The van der Waals surface area contributed by atoms with Crippen LogP contribution in [0, 0.1) is 11.3 Å². The van der Waals surface area contributed by atoms with E-state index < -0.39 is 0 Å². The summed E-state index contributed by atoms with van der Waals surface area (Å²) in [5.41, 5.74) is 2.64. The third kappa shape index (κ3) is 2.51. The average Bonchev–Trinajstić information content (AvgIpc) is 2.89. The van der Waals surface area contributed by atoms with Crippen molar-refractivity contribution in [2.75, 3.05) is 0 Å². The molecule has 0 bridgehead atoms. The van der Waals surface area contributed by atoms with E-state index in [0.29, 0.717) is 16.2 Å². The Bertz CT molecular complexity index is 633. The van der Waals surface area contributed by atoms with Gasteiger partial charge in [-0.25, -0.2) is 0 Å². The van der Waals surface area contributed by atoms with Crippen molar-refractivity contribution in [3.05, 3.63) is 40.0 Å². The van der Waals surface area contributed by atoms with E-state index in [2.05, 4.69) is 45.4 Å². The van der Waals surface area contributed by atoms with E-state index in [9.17, 15) is 0 Å². The summed E-state index contributed by atoms with van der Waals surface area (Å²) in [5.74, 6) is 1.32. The van der Waals surface area contributed by atoms with E-state index in [-0.39, 0.29) is 5.69 Å². The molecule has 0 spiro atoms. The first-order valence-electron chi connectivity index (χ1n) is 6.95. The normalized spacial score (nSPS) is 16.0. The van der Waals surface area contributed by atoms with Crippen LogP contribution in [0.15, 0.2) is 33.3 Å². The fourth-order valence-corrected chi connectivity index (χ4v) is 3.33. The highest BCUT2D eigenvalue weighted by atomic mass is 79.9. The third-order valence-corrected chi connectivity index (χ3v) is 4.73. The molecule has 102 valence electrons. The molecule has 20 heavy (non-hydrogen) atoms. The first-order valence-corrected chi connectivity index (χ1v) is 7.74. The molecule has 1 fully saturated rings. The van der Waals surface area contributed by atoms with Crippen LogP contribution in [0.1, 0.15) is 49.3 Å². The molecule has 3 nitrogen and oxygen atoms in total. The van der Waals surface area contributed by atoms with Gasteiger partial charge in [-0.1, -0.05) is 48.7 Å². The predicted octanol–water partition coefficient (Wildman–Crippen LogP) is 5.02. The van der Waals surface area contributed by atoms with E-state index in [1.165, 1.54) is 37.7 Å². The van der Waals surface area contributed by atoms with Crippen LogP contribution in [0.4, 0.5) is 0 Å². The Morgan fingerprint density at radius 1 is 1.15 bits per heavy atom. The lowest BCUT2D eigenvalue weighted by molar-refractivity contribution is 0.429.